The summed E-state index contributed by atoms with van der Waals surface area (Å²) >= 11 is 0. The Morgan fingerprint density at radius 3 is 2.35 bits per heavy atom. The second kappa shape index (κ2) is 6.13. The highest BCUT2D eigenvalue weighted by molar-refractivity contribution is 5.69. The van der Waals surface area contributed by atoms with Crippen molar-refractivity contribution in [3.8, 4) is 5.75 Å². The lowest BCUT2D eigenvalue weighted by molar-refractivity contribution is -0.138. The smallest absolute Gasteiger partial charge is 0.317 e. The fraction of sp³-hybridized carbons (Fsp3) is 0.533. The van der Waals surface area contributed by atoms with Gasteiger partial charge < -0.3 is 14.7 Å². The van der Waals surface area contributed by atoms with E-state index >= 15 is 0 Å². The number of carbonyl (C=O) groups is 1. The zero-order valence-corrected chi connectivity index (χ0v) is 12.3. The van der Waals surface area contributed by atoms with Gasteiger partial charge in [-0.15, -0.1) is 0 Å². The number of piperazine rings is 1. The van der Waals surface area contributed by atoms with Crippen molar-refractivity contribution in [3.05, 3.63) is 23.3 Å². The van der Waals surface area contributed by atoms with Gasteiger partial charge in [0.25, 0.3) is 0 Å². The third kappa shape index (κ3) is 3.22. The first-order valence-electron chi connectivity index (χ1n) is 6.85. The molecule has 0 unspecified atom stereocenters. The zero-order chi connectivity index (χ0) is 14.7. The fourth-order valence-corrected chi connectivity index (χ4v) is 2.52. The van der Waals surface area contributed by atoms with Gasteiger partial charge in [0.05, 0.1) is 19.3 Å². The van der Waals surface area contributed by atoms with E-state index in [1.54, 1.807) is 7.11 Å². The fourth-order valence-electron chi connectivity index (χ4n) is 2.52. The van der Waals surface area contributed by atoms with Crippen molar-refractivity contribution in [2.45, 2.75) is 13.8 Å². The highest BCUT2D eigenvalue weighted by Crippen LogP contribution is 2.31. The van der Waals surface area contributed by atoms with Crippen molar-refractivity contribution in [2.24, 2.45) is 0 Å². The minimum Gasteiger partial charge on any atom is -0.495 e. The molecule has 1 fully saturated rings. The molecule has 0 aromatic heterocycles. The Morgan fingerprint density at radius 2 is 1.80 bits per heavy atom. The van der Waals surface area contributed by atoms with E-state index in [1.165, 1.54) is 11.1 Å². The molecule has 0 bridgehead atoms. The number of anilines is 1. The molecule has 1 N–H and O–H groups in total. The van der Waals surface area contributed by atoms with E-state index in [2.05, 4.69) is 30.9 Å². The van der Waals surface area contributed by atoms with Gasteiger partial charge in [-0.1, -0.05) is 0 Å². The largest absolute Gasteiger partial charge is 0.495 e. The van der Waals surface area contributed by atoms with Crippen LogP contribution in [0, 0.1) is 13.8 Å². The monoisotopic (exact) mass is 278 g/mol. The first-order valence-corrected chi connectivity index (χ1v) is 6.85. The highest BCUT2D eigenvalue weighted by Gasteiger charge is 2.21. The summed E-state index contributed by atoms with van der Waals surface area (Å²) < 4.78 is 5.48. The SMILES string of the molecule is COc1cc(C)c(C)cc1N1CCN(CC(=O)O)CC1. The van der Waals surface area contributed by atoms with Gasteiger partial charge in [0.1, 0.15) is 5.75 Å². The molecule has 0 atom stereocenters. The second-order valence-electron chi connectivity index (χ2n) is 5.27. The number of hydrogen-bond donors (Lipinski definition) is 1. The van der Waals surface area contributed by atoms with Crippen LogP contribution in [-0.2, 0) is 4.79 Å². The van der Waals surface area contributed by atoms with E-state index in [0.29, 0.717) is 0 Å². The molecule has 0 aliphatic carbocycles. The number of nitrogens with zero attached hydrogens (tertiary/aromatic N) is 2. The number of hydrogen-bond acceptors (Lipinski definition) is 4. The molecule has 1 heterocycles. The van der Waals surface area contributed by atoms with Gasteiger partial charge in [0.2, 0.25) is 0 Å². The van der Waals surface area contributed by atoms with Gasteiger partial charge in [-0.25, -0.2) is 0 Å². The molecule has 1 aromatic carbocycles. The lowest BCUT2D eigenvalue weighted by Crippen LogP contribution is -2.48. The summed E-state index contributed by atoms with van der Waals surface area (Å²) in [6.45, 7) is 7.48. The molecule has 20 heavy (non-hydrogen) atoms. The molecule has 0 radical (unpaired) electrons. The van der Waals surface area contributed by atoms with E-state index in [-0.39, 0.29) is 6.54 Å². The van der Waals surface area contributed by atoms with Crippen molar-refractivity contribution >= 4 is 11.7 Å². The maximum atomic E-state index is 10.7. The van der Waals surface area contributed by atoms with Crippen LogP contribution in [-0.4, -0.2) is 55.8 Å². The topological polar surface area (TPSA) is 53.0 Å². The maximum Gasteiger partial charge on any atom is 0.317 e. The summed E-state index contributed by atoms with van der Waals surface area (Å²) in [5.41, 5.74) is 3.56. The second-order valence-corrected chi connectivity index (χ2v) is 5.27. The molecule has 1 aromatic rings. The van der Waals surface area contributed by atoms with Crippen LogP contribution in [0.4, 0.5) is 5.69 Å². The number of methoxy groups -OCH3 is 1. The molecule has 1 aliphatic heterocycles. The molecular weight excluding hydrogens is 256 g/mol. The molecule has 0 saturated carbocycles. The summed E-state index contributed by atoms with van der Waals surface area (Å²) in [4.78, 5) is 15.0. The quantitative estimate of drug-likeness (QED) is 0.905. The van der Waals surface area contributed by atoms with Crippen molar-refractivity contribution < 1.29 is 14.6 Å². The van der Waals surface area contributed by atoms with Crippen LogP contribution in [0.2, 0.25) is 0 Å². The zero-order valence-electron chi connectivity index (χ0n) is 12.3. The van der Waals surface area contributed by atoms with Crippen LogP contribution in [0.3, 0.4) is 0 Å². The summed E-state index contributed by atoms with van der Waals surface area (Å²) in [5, 5.41) is 8.82. The molecule has 110 valence electrons. The standard InChI is InChI=1S/C15H22N2O3/c1-11-8-13(14(20-3)9-12(11)2)17-6-4-16(5-7-17)10-15(18)19/h8-9H,4-7,10H2,1-3H3,(H,18,19). The van der Waals surface area contributed by atoms with E-state index in [1.807, 2.05) is 4.90 Å². The van der Waals surface area contributed by atoms with Gasteiger partial charge in [-0.05, 0) is 37.1 Å². The van der Waals surface area contributed by atoms with Crippen LogP contribution in [0.15, 0.2) is 12.1 Å². The molecule has 5 nitrogen and oxygen atoms in total. The van der Waals surface area contributed by atoms with Gasteiger partial charge in [-0.2, -0.15) is 0 Å². The summed E-state index contributed by atoms with van der Waals surface area (Å²) in [6.07, 6.45) is 0. The van der Waals surface area contributed by atoms with E-state index in [0.717, 1.165) is 37.6 Å². The number of carboxylic acid groups (broad SMARTS) is 1. The van der Waals surface area contributed by atoms with Gasteiger partial charge >= 0.3 is 5.97 Å². The summed E-state index contributed by atoms with van der Waals surface area (Å²) in [6, 6.07) is 4.22. The molecule has 5 heteroatoms. The number of aliphatic carboxylic acids is 1. The average molecular weight is 278 g/mol. The van der Waals surface area contributed by atoms with Crippen LogP contribution in [0.25, 0.3) is 0 Å². The molecule has 0 amide bonds. The summed E-state index contributed by atoms with van der Waals surface area (Å²) in [5.74, 6) is 0.127. The van der Waals surface area contributed by atoms with Crippen LogP contribution in [0.1, 0.15) is 11.1 Å². The first kappa shape index (κ1) is 14.7. The number of aryl methyl sites for hydroxylation is 2. The number of rotatable bonds is 4. The van der Waals surface area contributed by atoms with Crippen molar-refractivity contribution in [2.75, 3.05) is 44.7 Å². The molecule has 1 saturated heterocycles. The Morgan fingerprint density at radius 1 is 1.20 bits per heavy atom. The minimum absolute atomic E-state index is 0.123. The van der Waals surface area contributed by atoms with Crippen molar-refractivity contribution in [1.82, 2.24) is 4.90 Å². The van der Waals surface area contributed by atoms with Crippen LogP contribution in [0.5, 0.6) is 5.75 Å². The van der Waals surface area contributed by atoms with Crippen molar-refractivity contribution in [1.29, 1.82) is 0 Å². The Labute approximate surface area is 119 Å². The Balaban J connectivity index is 2.10. The predicted molar refractivity (Wildman–Crippen MR) is 78.8 cm³/mol. The summed E-state index contributed by atoms with van der Waals surface area (Å²) in [7, 11) is 1.69. The number of ether oxygens (including phenoxy) is 1. The Hall–Kier alpha value is -1.75. The van der Waals surface area contributed by atoms with E-state index < -0.39 is 5.97 Å². The third-order valence-corrected chi connectivity index (χ3v) is 3.87. The van der Waals surface area contributed by atoms with Crippen LogP contribution >= 0.6 is 0 Å². The van der Waals surface area contributed by atoms with E-state index in [9.17, 15) is 4.79 Å². The number of carboxylic acids is 1. The van der Waals surface area contributed by atoms with E-state index in [4.69, 9.17) is 9.84 Å². The van der Waals surface area contributed by atoms with Gasteiger partial charge in [0, 0.05) is 26.2 Å². The van der Waals surface area contributed by atoms with Crippen molar-refractivity contribution in [3.63, 3.8) is 0 Å². The predicted octanol–water partition coefficient (Wildman–Crippen LogP) is 1.52. The molecule has 2 rings (SSSR count). The average Bonchev–Trinajstić information content (AvgIpc) is 2.41. The lowest BCUT2D eigenvalue weighted by atomic mass is 10.1. The third-order valence-electron chi connectivity index (χ3n) is 3.87. The maximum absolute atomic E-state index is 10.7. The molecule has 1 aliphatic rings. The Kier molecular flexibility index (Phi) is 4.49. The Bertz CT molecular complexity index is 494. The van der Waals surface area contributed by atoms with Crippen LogP contribution < -0.4 is 9.64 Å². The molecule has 0 spiro atoms. The minimum atomic E-state index is -0.762. The molecular formula is C15H22N2O3. The van der Waals surface area contributed by atoms with Gasteiger partial charge in [-0.3, -0.25) is 9.69 Å². The van der Waals surface area contributed by atoms with Gasteiger partial charge in [0.15, 0.2) is 0 Å². The highest BCUT2D eigenvalue weighted by atomic mass is 16.5. The lowest BCUT2D eigenvalue weighted by Gasteiger charge is -2.36. The number of benzene rings is 1. The normalized spacial score (nSPS) is 16.2. The first-order chi connectivity index (χ1) is 9.51.